The Balaban J connectivity index is 2.06. The van der Waals surface area contributed by atoms with Gasteiger partial charge in [-0.2, -0.15) is 0 Å². The monoisotopic (exact) mass is 464 g/mol. The van der Waals surface area contributed by atoms with Crippen molar-refractivity contribution in [1.29, 1.82) is 0 Å². The second-order valence-electron chi connectivity index (χ2n) is 7.89. The maximum Gasteiger partial charge on any atom is 0.268 e. The molecular formula is C23H29ClN2O4S. The van der Waals surface area contributed by atoms with Crippen molar-refractivity contribution in [2.24, 2.45) is 0 Å². The van der Waals surface area contributed by atoms with E-state index in [1.165, 1.54) is 7.11 Å². The lowest BCUT2D eigenvalue weighted by molar-refractivity contribution is -0.129. The van der Waals surface area contributed by atoms with Gasteiger partial charge in [-0.3, -0.25) is 9.10 Å². The Bertz CT molecular complexity index is 1050. The maximum atomic E-state index is 13.8. The van der Waals surface area contributed by atoms with E-state index < -0.39 is 10.0 Å². The summed E-state index contributed by atoms with van der Waals surface area (Å²) in [5.74, 6) is 0.0184. The number of likely N-dealkylation sites (tertiary alicyclic amines) is 1. The first-order valence-electron chi connectivity index (χ1n) is 10.5. The van der Waals surface area contributed by atoms with E-state index in [1.807, 2.05) is 13.8 Å². The minimum atomic E-state index is -4.09. The summed E-state index contributed by atoms with van der Waals surface area (Å²) in [7, 11) is -2.66. The summed E-state index contributed by atoms with van der Waals surface area (Å²) in [6, 6.07) is 9.99. The molecule has 0 unspecified atom stereocenters. The van der Waals surface area contributed by atoms with Crippen molar-refractivity contribution in [2.45, 2.75) is 44.4 Å². The number of rotatable bonds is 6. The molecule has 1 aliphatic rings. The van der Waals surface area contributed by atoms with Crippen molar-refractivity contribution in [2.75, 3.05) is 31.0 Å². The van der Waals surface area contributed by atoms with Gasteiger partial charge in [-0.1, -0.05) is 36.6 Å². The lowest BCUT2D eigenvalue weighted by Crippen LogP contribution is -2.43. The number of carbonyl (C=O) groups excluding carboxylic acids is 1. The number of nitrogens with zero attached hydrogens (tertiary/aromatic N) is 2. The number of methoxy groups -OCH3 is 1. The van der Waals surface area contributed by atoms with Gasteiger partial charge in [0.2, 0.25) is 5.91 Å². The summed E-state index contributed by atoms with van der Waals surface area (Å²) < 4.78 is 34.0. The highest BCUT2D eigenvalue weighted by Crippen LogP contribution is 2.32. The number of sulfonamides is 1. The zero-order valence-electron chi connectivity index (χ0n) is 18.2. The smallest absolute Gasteiger partial charge is 0.268 e. The summed E-state index contributed by atoms with van der Waals surface area (Å²) >= 11 is 6.30. The average molecular weight is 465 g/mol. The number of benzene rings is 2. The van der Waals surface area contributed by atoms with Crippen molar-refractivity contribution in [3.63, 3.8) is 0 Å². The molecule has 3 rings (SSSR count). The second kappa shape index (κ2) is 9.92. The number of hydrogen-bond donors (Lipinski definition) is 0. The number of amides is 1. The largest absolute Gasteiger partial charge is 0.495 e. The van der Waals surface area contributed by atoms with Crippen LogP contribution in [0.5, 0.6) is 5.75 Å². The molecule has 0 spiro atoms. The van der Waals surface area contributed by atoms with Crippen LogP contribution >= 0.6 is 11.6 Å². The Labute approximate surface area is 189 Å². The van der Waals surface area contributed by atoms with Crippen molar-refractivity contribution < 1.29 is 17.9 Å². The van der Waals surface area contributed by atoms with E-state index in [0.29, 0.717) is 23.8 Å². The molecule has 0 radical (unpaired) electrons. The molecule has 6 nitrogen and oxygen atoms in total. The molecule has 1 fully saturated rings. The van der Waals surface area contributed by atoms with Crippen molar-refractivity contribution in [3.8, 4) is 5.75 Å². The predicted octanol–water partition coefficient (Wildman–Crippen LogP) is 4.56. The van der Waals surface area contributed by atoms with Gasteiger partial charge in [0.1, 0.15) is 17.2 Å². The van der Waals surface area contributed by atoms with E-state index in [4.69, 9.17) is 16.3 Å². The molecule has 0 atom stereocenters. The molecule has 1 heterocycles. The van der Waals surface area contributed by atoms with E-state index in [1.54, 1.807) is 41.3 Å². The van der Waals surface area contributed by atoms with Crippen molar-refractivity contribution in [1.82, 2.24) is 4.90 Å². The fourth-order valence-corrected chi connectivity index (χ4v) is 5.52. The third-order valence-electron chi connectivity index (χ3n) is 5.57. The van der Waals surface area contributed by atoms with Crippen molar-refractivity contribution in [3.05, 3.63) is 52.5 Å². The molecule has 8 heteroatoms. The first-order chi connectivity index (χ1) is 14.7. The molecule has 0 N–H and O–H groups in total. The highest BCUT2D eigenvalue weighted by molar-refractivity contribution is 7.93. The van der Waals surface area contributed by atoms with Crippen LogP contribution < -0.4 is 9.04 Å². The quantitative estimate of drug-likeness (QED) is 0.628. The summed E-state index contributed by atoms with van der Waals surface area (Å²) in [6.45, 7) is 4.66. The number of hydrogen-bond acceptors (Lipinski definition) is 4. The molecule has 1 saturated heterocycles. The average Bonchev–Trinajstić information content (AvgIpc) is 3.03. The van der Waals surface area contributed by atoms with Crippen molar-refractivity contribution >= 4 is 33.2 Å². The highest BCUT2D eigenvalue weighted by atomic mass is 35.5. The van der Waals surface area contributed by atoms with Gasteiger partial charge in [0.25, 0.3) is 10.0 Å². The van der Waals surface area contributed by atoms with Gasteiger partial charge < -0.3 is 9.64 Å². The second-order valence-corrected chi connectivity index (χ2v) is 10.1. The van der Waals surface area contributed by atoms with Crippen LogP contribution in [0.2, 0.25) is 5.02 Å². The van der Waals surface area contributed by atoms with E-state index in [2.05, 4.69) is 0 Å². The van der Waals surface area contributed by atoms with Gasteiger partial charge >= 0.3 is 0 Å². The molecule has 31 heavy (non-hydrogen) atoms. The zero-order chi connectivity index (χ0) is 22.6. The van der Waals surface area contributed by atoms with Crippen LogP contribution in [0, 0.1) is 13.8 Å². The topological polar surface area (TPSA) is 66.9 Å². The number of anilines is 1. The highest BCUT2D eigenvalue weighted by Gasteiger charge is 2.32. The normalized spacial score (nSPS) is 14.8. The van der Waals surface area contributed by atoms with E-state index in [9.17, 15) is 13.2 Å². The zero-order valence-corrected chi connectivity index (χ0v) is 19.8. The van der Waals surface area contributed by atoms with E-state index in [0.717, 1.165) is 41.1 Å². The molecule has 0 saturated carbocycles. The Hall–Kier alpha value is -2.25. The molecule has 0 aliphatic carbocycles. The molecule has 1 aliphatic heterocycles. The van der Waals surface area contributed by atoms with E-state index >= 15 is 0 Å². The van der Waals surface area contributed by atoms with Crippen LogP contribution in [0.3, 0.4) is 0 Å². The fourth-order valence-electron chi connectivity index (χ4n) is 3.70. The molecule has 1 amide bonds. The minimum absolute atomic E-state index is 0.0235. The third-order valence-corrected chi connectivity index (χ3v) is 7.77. The number of ether oxygens (including phenoxy) is 1. The Morgan fingerprint density at radius 3 is 2.35 bits per heavy atom. The van der Waals surface area contributed by atoms with Gasteiger partial charge in [-0.15, -0.1) is 0 Å². The van der Waals surface area contributed by atoms with Gasteiger partial charge in [-0.05, 0) is 62.1 Å². The third kappa shape index (κ3) is 5.33. The minimum Gasteiger partial charge on any atom is -0.495 e. The molecule has 2 aromatic carbocycles. The van der Waals surface area contributed by atoms with Crippen LogP contribution in [0.15, 0.2) is 41.3 Å². The first-order valence-corrected chi connectivity index (χ1v) is 12.3. The fraction of sp³-hybridized carbons (Fsp3) is 0.435. The number of halogens is 1. The maximum absolute atomic E-state index is 13.8. The molecule has 0 bridgehead atoms. The lowest BCUT2D eigenvalue weighted by Gasteiger charge is -2.28. The summed E-state index contributed by atoms with van der Waals surface area (Å²) in [6.07, 6.45) is 4.03. The first kappa shape index (κ1) is 23.4. The molecule has 168 valence electrons. The molecule has 0 aromatic heterocycles. The summed E-state index contributed by atoms with van der Waals surface area (Å²) in [5.41, 5.74) is 1.96. The van der Waals surface area contributed by atoms with Gasteiger partial charge in [0.15, 0.2) is 0 Å². The van der Waals surface area contributed by atoms with Gasteiger partial charge in [0, 0.05) is 18.1 Å². The predicted molar refractivity (Wildman–Crippen MR) is 123 cm³/mol. The lowest BCUT2D eigenvalue weighted by atomic mass is 10.2. The van der Waals surface area contributed by atoms with Gasteiger partial charge in [-0.25, -0.2) is 8.42 Å². The SMILES string of the molecule is COc1ccc(C)cc1S(=O)(=O)N(CC(=O)N1CCCCCC1)c1ccc(C)c(Cl)c1. The molecular weight excluding hydrogens is 436 g/mol. The van der Waals surface area contributed by atoms with Crippen LogP contribution in [-0.2, 0) is 14.8 Å². The van der Waals surface area contributed by atoms with E-state index in [-0.39, 0.29) is 23.1 Å². The Morgan fingerprint density at radius 2 is 1.74 bits per heavy atom. The van der Waals surface area contributed by atoms with Crippen LogP contribution in [0.25, 0.3) is 0 Å². The number of aryl methyl sites for hydroxylation is 2. The van der Waals surface area contributed by atoms with Crippen LogP contribution in [-0.4, -0.2) is 46.0 Å². The standard InChI is InChI=1S/C23H29ClN2O4S/c1-17-8-11-21(30-3)22(14-17)31(28,29)26(19-10-9-18(2)20(24)15-19)16-23(27)25-12-6-4-5-7-13-25/h8-11,14-15H,4-7,12-13,16H2,1-3H3. The van der Waals surface area contributed by atoms with Gasteiger partial charge in [0.05, 0.1) is 12.8 Å². The van der Waals surface area contributed by atoms with Crippen LogP contribution in [0.4, 0.5) is 5.69 Å². The Kier molecular flexibility index (Phi) is 7.49. The summed E-state index contributed by atoms with van der Waals surface area (Å²) in [4.78, 5) is 14.9. The van der Waals surface area contributed by atoms with Crippen LogP contribution in [0.1, 0.15) is 36.8 Å². The Morgan fingerprint density at radius 1 is 1.06 bits per heavy atom. The number of carbonyl (C=O) groups is 1. The molecule has 2 aromatic rings. The summed E-state index contributed by atoms with van der Waals surface area (Å²) in [5, 5.41) is 0.441.